The monoisotopic (exact) mass is 287 g/mol. The lowest BCUT2D eigenvalue weighted by molar-refractivity contribution is -0.140. The zero-order valence-corrected chi connectivity index (χ0v) is 12.8. The first kappa shape index (κ1) is 18.2. The van der Waals surface area contributed by atoms with E-state index in [9.17, 15) is 14.4 Å². The van der Waals surface area contributed by atoms with Gasteiger partial charge in [0.25, 0.3) is 0 Å². The minimum atomic E-state index is -1.08. The summed E-state index contributed by atoms with van der Waals surface area (Å²) in [5.74, 6) is -1.55. The number of rotatable bonds is 7. The van der Waals surface area contributed by atoms with Gasteiger partial charge in [-0.3, -0.25) is 4.79 Å². The number of carbonyl (C=O) groups excluding carboxylic acids is 2. The zero-order valence-electron chi connectivity index (χ0n) is 12.8. The smallest absolute Gasteiger partial charge is 0.326 e. The molecule has 2 atom stereocenters. The normalized spacial score (nSPS) is 13.5. The number of hydrogen-bond donors (Lipinski definition) is 3. The highest BCUT2D eigenvalue weighted by atomic mass is 16.4. The molecule has 0 fully saturated rings. The third-order valence-electron chi connectivity index (χ3n) is 2.94. The Balaban J connectivity index is 4.50. The summed E-state index contributed by atoms with van der Waals surface area (Å²) in [4.78, 5) is 35.7. The standard InChI is InChI=1S/C13H25N3O4/c1-6-9(4)11(12(18)19)15-13(20)16(5)7-10(17)14-8(2)3/h8-9,11H,6-7H2,1-5H3,(H,14,17)(H,15,20)(H,18,19)/t9?,11-/m0/s1. The van der Waals surface area contributed by atoms with E-state index in [1.54, 1.807) is 6.92 Å². The summed E-state index contributed by atoms with van der Waals surface area (Å²) in [5, 5.41) is 14.2. The van der Waals surface area contributed by atoms with E-state index < -0.39 is 18.0 Å². The van der Waals surface area contributed by atoms with Crippen molar-refractivity contribution in [2.75, 3.05) is 13.6 Å². The fraction of sp³-hybridized carbons (Fsp3) is 0.769. The van der Waals surface area contributed by atoms with E-state index in [1.165, 1.54) is 7.05 Å². The molecule has 3 N–H and O–H groups in total. The van der Waals surface area contributed by atoms with Crippen LogP contribution in [0.2, 0.25) is 0 Å². The molecule has 0 heterocycles. The van der Waals surface area contributed by atoms with Crippen molar-refractivity contribution in [2.24, 2.45) is 5.92 Å². The average molecular weight is 287 g/mol. The van der Waals surface area contributed by atoms with E-state index in [-0.39, 0.29) is 24.4 Å². The van der Waals surface area contributed by atoms with Crippen LogP contribution in [0.1, 0.15) is 34.1 Å². The fourth-order valence-corrected chi connectivity index (χ4v) is 1.58. The van der Waals surface area contributed by atoms with Crippen LogP contribution in [0.5, 0.6) is 0 Å². The van der Waals surface area contributed by atoms with Gasteiger partial charge in [0, 0.05) is 13.1 Å². The second-order valence-corrected chi connectivity index (χ2v) is 5.23. The molecule has 0 bridgehead atoms. The molecule has 0 aliphatic heterocycles. The molecule has 3 amide bonds. The lowest BCUT2D eigenvalue weighted by atomic mass is 9.99. The summed E-state index contributed by atoms with van der Waals surface area (Å²) in [5.41, 5.74) is 0. The van der Waals surface area contributed by atoms with Crippen molar-refractivity contribution < 1.29 is 19.5 Å². The molecular weight excluding hydrogens is 262 g/mol. The van der Waals surface area contributed by atoms with E-state index in [0.717, 1.165) is 4.90 Å². The van der Waals surface area contributed by atoms with Crippen molar-refractivity contribution in [2.45, 2.75) is 46.2 Å². The number of nitrogens with one attached hydrogen (secondary N) is 2. The molecule has 0 radical (unpaired) electrons. The van der Waals surface area contributed by atoms with Crippen LogP contribution in [0, 0.1) is 5.92 Å². The minimum Gasteiger partial charge on any atom is -0.480 e. The van der Waals surface area contributed by atoms with E-state index >= 15 is 0 Å². The molecule has 1 unspecified atom stereocenters. The molecule has 7 nitrogen and oxygen atoms in total. The van der Waals surface area contributed by atoms with Crippen LogP contribution in [0.25, 0.3) is 0 Å². The number of hydrogen-bond acceptors (Lipinski definition) is 3. The van der Waals surface area contributed by atoms with Gasteiger partial charge in [-0.2, -0.15) is 0 Å². The highest BCUT2D eigenvalue weighted by molar-refractivity contribution is 5.86. The van der Waals surface area contributed by atoms with E-state index in [2.05, 4.69) is 10.6 Å². The molecule has 0 spiro atoms. The Labute approximate surface area is 119 Å². The van der Waals surface area contributed by atoms with Crippen LogP contribution < -0.4 is 10.6 Å². The summed E-state index contributed by atoms with van der Waals surface area (Å²) in [6, 6.07) is -1.54. The number of aliphatic carboxylic acids is 1. The Hall–Kier alpha value is -1.79. The molecule has 0 aromatic rings. The van der Waals surface area contributed by atoms with E-state index in [4.69, 9.17) is 5.11 Å². The summed E-state index contributed by atoms with van der Waals surface area (Å²) >= 11 is 0. The number of amides is 3. The predicted octanol–water partition coefficient (Wildman–Crippen LogP) is 0.652. The predicted molar refractivity (Wildman–Crippen MR) is 75.3 cm³/mol. The maximum absolute atomic E-state index is 11.9. The molecule has 0 aliphatic carbocycles. The number of carboxylic acid groups (broad SMARTS) is 1. The van der Waals surface area contributed by atoms with Gasteiger partial charge in [0.1, 0.15) is 12.6 Å². The Morgan fingerprint density at radius 2 is 1.70 bits per heavy atom. The van der Waals surface area contributed by atoms with Crippen molar-refractivity contribution in [3.63, 3.8) is 0 Å². The number of carboxylic acids is 1. The zero-order chi connectivity index (χ0) is 15.9. The van der Waals surface area contributed by atoms with Crippen molar-refractivity contribution >= 4 is 17.9 Å². The molecular formula is C13H25N3O4. The van der Waals surface area contributed by atoms with Crippen molar-refractivity contribution in [3.8, 4) is 0 Å². The number of urea groups is 1. The highest BCUT2D eigenvalue weighted by Crippen LogP contribution is 2.08. The first-order valence-corrected chi connectivity index (χ1v) is 6.72. The minimum absolute atomic E-state index is 0.00848. The number of likely N-dealkylation sites (N-methyl/N-ethyl adjacent to an activating group) is 1. The molecule has 0 saturated carbocycles. The van der Waals surface area contributed by atoms with E-state index in [0.29, 0.717) is 6.42 Å². The topological polar surface area (TPSA) is 98.7 Å². The van der Waals surface area contributed by atoms with Gasteiger partial charge in [-0.25, -0.2) is 9.59 Å². The van der Waals surface area contributed by atoms with Gasteiger partial charge >= 0.3 is 12.0 Å². The first-order valence-electron chi connectivity index (χ1n) is 6.72. The highest BCUT2D eigenvalue weighted by Gasteiger charge is 2.26. The largest absolute Gasteiger partial charge is 0.480 e. The molecule has 0 saturated heterocycles. The van der Waals surface area contributed by atoms with E-state index in [1.807, 2.05) is 20.8 Å². The third-order valence-corrected chi connectivity index (χ3v) is 2.94. The van der Waals surface area contributed by atoms with Gasteiger partial charge in [-0.05, 0) is 19.8 Å². The van der Waals surface area contributed by atoms with Crippen LogP contribution in [-0.2, 0) is 9.59 Å². The van der Waals surface area contributed by atoms with Crippen LogP contribution in [-0.4, -0.2) is 53.6 Å². The van der Waals surface area contributed by atoms with Gasteiger partial charge in [0.05, 0.1) is 0 Å². The molecule has 20 heavy (non-hydrogen) atoms. The molecule has 0 rings (SSSR count). The Kier molecular flexibility index (Phi) is 7.64. The Morgan fingerprint density at radius 1 is 1.15 bits per heavy atom. The molecule has 7 heteroatoms. The average Bonchev–Trinajstić information content (AvgIpc) is 2.32. The number of carbonyl (C=O) groups is 3. The van der Waals surface area contributed by atoms with Gasteiger partial charge in [0.15, 0.2) is 0 Å². The lowest BCUT2D eigenvalue weighted by Gasteiger charge is -2.24. The maximum atomic E-state index is 11.9. The summed E-state index contributed by atoms with van der Waals surface area (Å²) in [7, 11) is 1.45. The van der Waals surface area contributed by atoms with Gasteiger partial charge in [0.2, 0.25) is 5.91 Å². The summed E-state index contributed by atoms with van der Waals surface area (Å²) in [6.07, 6.45) is 0.634. The molecule has 0 aromatic carbocycles. The van der Waals surface area contributed by atoms with Crippen LogP contribution in [0.3, 0.4) is 0 Å². The van der Waals surface area contributed by atoms with Crippen molar-refractivity contribution in [1.82, 2.24) is 15.5 Å². The fourth-order valence-electron chi connectivity index (χ4n) is 1.58. The van der Waals surface area contributed by atoms with Gasteiger partial charge < -0.3 is 20.6 Å². The maximum Gasteiger partial charge on any atom is 0.326 e. The molecule has 0 aliphatic rings. The lowest BCUT2D eigenvalue weighted by Crippen LogP contribution is -2.51. The first-order chi connectivity index (χ1) is 9.18. The molecule has 116 valence electrons. The Morgan fingerprint density at radius 3 is 2.10 bits per heavy atom. The second kappa shape index (κ2) is 8.39. The van der Waals surface area contributed by atoms with Gasteiger partial charge in [-0.15, -0.1) is 0 Å². The van der Waals surface area contributed by atoms with Crippen LogP contribution >= 0.6 is 0 Å². The van der Waals surface area contributed by atoms with Crippen molar-refractivity contribution in [3.05, 3.63) is 0 Å². The SMILES string of the molecule is CCC(C)[C@H](NC(=O)N(C)CC(=O)NC(C)C)C(=O)O. The molecule has 0 aromatic heterocycles. The number of nitrogens with zero attached hydrogens (tertiary/aromatic N) is 1. The second-order valence-electron chi connectivity index (χ2n) is 5.23. The summed E-state index contributed by atoms with van der Waals surface area (Å²) in [6.45, 7) is 7.14. The van der Waals surface area contributed by atoms with Crippen LogP contribution in [0.4, 0.5) is 4.79 Å². The van der Waals surface area contributed by atoms with Crippen LogP contribution in [0.15, 0.2) is 0 Å². The summed E-state index contributed by atoms with van der Waals surface area (Å²) < 4.78 is 0. The third kappa shape index (κ3) is 6.40. The Bertz CT molecular complexity index is 358. The van der Waals surface area contributed by atoms with Gasteiger partial charge in [-0.1, -0.05) is 20.3 Å². The van der Waals surface area contributed by atoms with Crippen molar-refractivity contribution in [1.29, 1.82) is 0 Å². The quantitative estimate of drug-likeness (QED) is 0.640.